The van der Waals surface area contributed by atoms with Gasteiger partial charge in [-0.05, 0) is 39.7 Å². The summed E-state index contributed by atoms with van der Waals surface area (Å²) in [7, 11) is 1.45. The monoisotopic (exact) mass is 431 g/mol. The van der Waals surface area contributed by atoms with Crippen LogP contribution in [0.5, 0.6) is 0 Å². The van der Waals surface area contributed by atoms with E-state index in [1.165, 1.54) is 14.0 Å². The molecule has 2 amide bonds. The van der Waals surface area contributed by atoms with Crippen LogP contribution in [-0.2, 0) is 19.1 Å². The largest absolute Gasteiger partial charge is 0.388 e. The molecule has 2 N–H and O–H groups in total. The van der Waals surface area contributed by atoms with Gasteiger partial charge in [0, 0.05) is 53.4 Å². The first kappa shape index (κ1) is 26.8. The van der Waals surface area contributed by atoms with Crippen molar-refractivity contribution < 1.29 is 29.3 Å². The fourth-order valence-corrected chi connectivity index (χ4v) is 3.63. The summed E-state index contributed by atoms with van der Waals surface area (Å²) in [6, 6.07) is 0. The lowest BCUT2D eigenvalue weighted by Gasteiger charge is -2.31. The molecule has 1 heterocycles. The van der Waals surface area contributed by atoms with Crippen molar-refractivity contribution in [2.75, 3.05) is 66.1 Å². The summed E-state index contributed by atoms with van der Waals surface area (Å²) >= 11 is 0. The van der Waals surface area contributed by atoms with Gasteiger partial charge in [0.1, 0.15) is 18.3 Å². The molecular formula is C21H41N3O6. The number of rotatable bonds is 5. The van der Waals surface area contributed by atoms with E-state index >= 15 is 0 Å². The minimum Gasteiger partial charge on any atom is -0.388 e. The summed E-state index contributed by atoms with van der Waals surface area (Å²) < 4.78 is 10.9. The van der Waals surface area contributed by atoms with Gasteiger partial charge in [0.25, 0.3) is 0 Å². The first-order valence-corrected chi connectivity index (χ1v) is 11.1. The highest BCUT2D eigenvalue weighted by atomic mass is 16.5. The number of amides is 2. The van der Waals surface area contributed by atoms with Gasteiger partial charge in [-0.3, -0.25) is 14.5 Å². The molecule has 1 saturated heterocycles. The molecule has 176 valence electrons. The molecule has 0 aliphatic carbocycles. The molecule has 0 radical (unpaired) electrons. The highest BCUT2D eigenvalue weighted by Gasteiger charge is 2.29. The lowest BCUT2D eigenvalue weighted by atomic mass is 10.1. The van der Waals surface area contributed by atoms with E-state index < -0.39 is 18.3 Å². The summed E-state index contributed by atoms with van der Waals surface area (Å²) in [5.74, 6) is -0.00615. The number of aliphatic hydroxyl groups excluding tert-OH is 2. The zero-order valence-electron chi connectivity index (χ0n) is 19.1. The predicted molar refractivity (Wildman–Crippen MR) is 114 cm³/mol. The molecule has 1 rings (SSSR count). The first-order chi connectivity index (χ1) is 14.3. The Labute approximate surface area is 180 Å². The first-order valence-electron chi connectivity index (χ1n) is 11.1. The molecule has 1 aliphatic rings. The summed E-state index contributed by atoms with van der Waals surface area (Å²) in [5.41, 5.74) is 0. The van der Waals surface area contributed by atoms with Crippen LogP contribution in [0, 0.1) is 0 Å². The second kappa shape index (κ2) is 14.7. The number of likely N-dealkylation sites (N-methyl/N-ethyl adjacent to an activating group) is 1. The van der Waals surface area contributed by atoms with Crippen LogP contribution in [0.3, 0.4) is 0 Å². The number of ether oxygens (including phenoxy) is 2. The van der Waals surface area contributed by atoms with Crippen LogP contribution in [0.15, 0.2) is 0 Å². The Morgan fingerprint density at radius 1 is 1.10 bits per heavy atom. The molecule has 1 fully saturated rings. The Morgan fingerprint density at radius 2 is 1.77 bits per heavy atom. The van der Waals surface area contributed by atoms with E-state index in [2.05, 4.69) is 4.90 Å². The fourth-order valence-electron chi connectivity index (χ4n) is 3.63. The number of methoxy groups -OCH3 is 1. The van der Waals surface area contributed by atoms with Crippen molar-refractivity contribution in [2.45, 2.75) is 58.3 Å². The third kappa shape index (κ3) is 9.26. The van der Waals surface area contributed by atoms with Gasteiger partial charge < -0.3 is 29.5 Å². The van der Waals surface area contributed by atoms with E-state index in [1.807, 2.05) is 18.7 Å². The van der Waals surface area contributed by atoms with Gasteiger partial charge >= 0.3 is 0 Å². The Balaban J connectivity index is 2.83. The topological polar surface area (TPSA) is 103 Å². The molecule has 0 unspecified atom stereocenters. The van der Waals surface area contributed by atoms with Gasteiger partial charge in [-0.1, -0.05) is 0 Å². The average Bonchev–Trinajstić information content (AvgIpc) is 2.72. The highest BCUT2D eigenvalue weighted by Crippen LogP contribution is 2.10. The molecule has 3 atom stereocenters. The van der Waals surface area contributed by atoms with E-state index in [0.717, 1.165) is 19.4 Å². The number of aliphatic hydroxyl groups is 2. The quantitative estimate of drug-likeness (QED) is 0.629. The summed E-state index contributed by atoms with van der Waals surface area (Å²) in [6.07, 6.45) is -0.579. The maximum Gasteiger partial charge on any atom is 0.236 e. The van der Waals surface area contributed by atoms with Crippen molar-refractivity contribution in [3.8, 4) is 0 Å². The van der Waals surface area contributed by atoms with Crippen LogP contribution >= 0.6 is 0 Å². The molecule has 0 spiro atoms. The summed E-state index contributed by atoms with van der Waals surface area (Å²) in [5, 5.41) is 20.6. The molecule has 0 aromatic heterocycles. The molecule has 9 heteroatoms. The molecule has 9 nitrogen and oxygen atoms in total. The minimum absolute atomic E-state index is 0.00522. The molecule has 30 heavy (non-hydrogen) atoms. The van der Waals surface area contributed by atoms with Gasteiger partial charge in [0.15, 0.2) is 0 Å². The molecule has 0 aromatic carbocycles. The van der Waals surface area contributed by atoms with Gasteiger partial charge in [-0.25, -0.2) is 0 Å². The van der Waals surface area contributed by atoms with Crippen molar-refractivity contribution >= 4 is 11.8 Å². The minimum atomic E-state index is -1.15. The SMILES string of the molecule is CCN(CC)C(=O)CN1CCCCOC[C@H](O)[C@H](O)[C@@H](OC)CN(C(C)=O)CCC1. The van der Waals surface area contributed by atoms with Crippen molar-refractivity contribution in [2.24, 2.45) is 0 Å². The number of hydrogen-bond donors (Lipinski definition) is 2. The third-order valence-electron chi connectivity index (χ3n) is 5.60. The Bertz CT molecular complexity index is 503. The summed E-state index contributed by atoms with van der Waals surface area (Å²) in [4.78, 5) is 30.2. The Kier molecular flexibility index (Phi) is 13.1. The smallest absolute Gasteiger partial charge is 0.236 e. The Hall–Kier alpha value is -1.26. The van der Waals surface area contributed by atoms with Gasteiger partial charge in [-0.2, -0.15) is 0 Å². The number of hydrogen-bond acceptors (Lipinski definition) is 7. The number of carbonyl (C=O) groups is 2. The van der Waals surface area contributed by atoms with Gasteiger partial charge in [-0.15, -0.1) is 0 Å². The molecule has 1 aliphatic heterocycles. The highest BCUT2D eigenvalue weighted by molar-refractivity contribution is 5.78. The molecular weight excluding hydrogens is 390 g/mol. The second-order valence-electron chi connectivity index (χ2n) is 7.77. The van der Waals surface area contributed by atoms with E-state index in [0.29, 0.717) is 45.8 Å². The zero-order valence-corrected chi connectivity index (χ0v) is 19.1. The fraction of sp³-hybridized carbons (Fsp3) is 0.905. The number of carbonyl (C=O) groups excluding carboxylic acids is 2. The van der Waals surface area contributed by atoms with E-state index in [4.69, 9.17) is 9.47 Å². The second-order valence-corrected chi connectivity index (χ2v) is 7.77. The van der Waals surface area contributed by atoms with Crippen LogP contribution in [0.25, 0.3) is 0 Å². The van der Waals surface area contributed by atoms with Gasteiger partial charge in [0.05, 0.1) is 13.2 Å². The zero-order chi connectivity index (χ0) is 22.5. The van der Waals surface area contributed by atoms with E-state index in [1.54, 1.807) is 4.90 Å². The lowest BCUT2D eigenvalue weighted by Crippen LogP contribution is -2.48. The third-order valence-corrected chi connectivity index (χ3v) is 5.60. The summed E-state index contributed by atoms with van der Waals surface area (Å²) in [6.45, 7) is 9.79. The van der Waals surface area contributed by atoms with E-state index in [9.17, 15) is 19.8 Å². The normalized spacial score (nSPS) is 25.9. The maximum absolute atomic E-state index is 12.5. The van der Waals surface area contributed by atoms with Crippen molar-refractivity contribution in [3.63, 3.8) is 0 Å². The maximum atomic E-state index is 12.5. The van der Waals surface area contributed by atoms with Crippen LogP contribution in [0.1, 0.15) is 40.0 Å². The number of nitrogens with zero attached hydrogens (tertiary/aromatic N) is 3. The molecule has 0 bridgehead atoms. The van der Waals surface area contributed by atoms with Crippen molar-refractivity contribution in [3.05, 3.63) is 0 Å². The Morgan fingerprint density at radius 3 is 2.37 bits per heavy atom. The average molecular weight is 432 g/mol. The van der Waals surface area contributed by atoms with Crippen LogP contribution < -0.4 is 0 Å². The predicted octanol–water partition coefficient (Wildman–Crippen LogP) is -0.0574. The van der Waals surface area contributed by atoms with Crippen molar-refractivity contribution in [1.29, 1.82) is 0 Å². The van der Waals surface area contributed by atoms with Gasteiger partial charge in [0.2, 0.25) is 11.8 Å². The van der Waals surface area contributed by atoms with Crippen LogP contribution in [0.2, 0.25) is 0 Å². The molecule has 0 saturated carbocycles. The van der Waals surface area contributed by atoms with Crippen LogP contribution in [-0.4, -0.2) is 121 Å². The molecule has 0 aromatic rings. The lowest BCUT2D eigenvalue weighted by molar-refractivity contribution is -0.136. The van der Waals surface area contributed by atoms with E-state index in [-0.39, 0.29) is 25.0 Å². The van der Waals surface area contributed by atoms with Crippen molar-refractivity contribution in [1.82, 2.24) is 14.7 Å². The van der Waals surface area contributed by atoms with Crippen LogP contribution in [0.4, 0.5) is 0 Å². The standard InChI is InChI=1S/C21H41N3O6/c1-5-23(6-2)20(27)15-22-10-7-8-13-30-16-18(26)21(28)19(29-4)14-24(17(3)25)12-9-11-22/h18-19,21,26,28H,5-16H2,1-4H3/t18-,19-,21-/m0/s1.